The molecule has 0 saturated carbocycles. The summed E-state index contributed by atoms with van der Waals surface area (Å²) in [6, 6.07) is 0.672. The first kappa shape index (κ1) is 12.7. The molecule has 0 aliphatic carbocycles. The van der Waals surface area contributed by atoms with Gasteiger partial charge in [0.2, 0.25) is 0 Å². The number of nitrogens with zero attached hydrogens (tertiary/aromatic N) is 1. The summed E-state index contributed by atoms with van der Waals surface area (Å²) in [5, 5.41) is 0.448. The predicted octanol–water partition coefficient (Wildman–Crippen LogP) is -0.329. The number of H-pyrrole nitrogens is 1. The molecule has 0 fully saturated rings. The van der Waals surface area contributed by atoms with E-state index in [1.165, 1.54) is 24.9 Å². The monoisotopic (exact) mass is 243 g/mol. The van der Waals surface area contributed by atoms with Crippen molar-refractivity contribution in [3.63, 3.8) is 0 Å². The highest BCUT2D eigenvalue weighted by Crippen LogP contribution is 2.12. The summed E-state index contributed by atoms with van der Waals surface area (Å²) in [6.07, 6.45) is 0. The molecule has 88 valence electrons. The van der Waals surface area contributed by atoms with Crippen molar-refractivity contribution in [1.82, 2.24) is 9.97 Å². The molecule has 0 aliphatic rings. The lowest BCUT2D eigenvalue weighted by molar-refractivity contribution is -0.141. The van der Waals surface area contributed by atoms with E-state index in [0.717, 1.165) is 0 Å². The van der Waals surface area contributed by atoms with Crippen LogP contribution >= 0.6 is 11.8 Å². The maximum Gasteiger partial charge on any atom is 0.323 e. The van der Waals surface area contributed by atoms with Crippen LogP contribution in [0.15, 0.2) is 16.0 Å². The van der Waals surface area contributed by atoms with Gasteiger partial charge in [-0.25, -0.2) is 4.98 Å². The second kappa shape index (κ2) is 5.66. The summed E-state index contributed by atoms with van der Waals surface area (Å²) in [5.41, 5.74) is 5.94. The van der Waals surface area contributed by atoms with Gasteiger partial charge in [-0.1, -0.05) is 11.8 Å². The Morgan fingerprint density at radius 1 is 1.75 bits per heavy atom. The van der Waals surface area contributed by atoms with E-state index in [-0.39, 0.29) is 5.56 Å². The molecule has 1 aromatic rings. The molecule has 16 heavy (non-hydrogen) atoms. The second-order valence-corrected chi connectivity index (χ2v) is 4.14. The number of hydrogen-bond donors (Lipinski definition) is 2. The van der Waals surface area contributed by atoms with E-state index in [4.69, 9.17) is 5.73 Å². The lowest BCUT2D eigenvalue weighted by atomic mass is 10.4. The van der Waals surface area contributed by atoms with Crippen molar-refractivity contribution in [3.05, 3.63) is 22.1 Å². The number of methoxy groups -OCH3 is 1. The summed E-state index contributed by atoms with van der Waals surface area (Å²) in [7, 11) is 1.28. The Morgan fingerprint density at radius 2 is 2.44 bits per heavy atom. The Kier molecular flexibility index (Phi) is 4.51. The molecule has 0 amide bonds. The van der Waals surface area contributed by atoms with Crippen LogP contribution in [0.2, 0.25) is 0 Å². The normalized spacial score (nSPS) is 12.2. The smallest absolute Gasteiger partial charge is 0.323 e. The summed E-state index contributed by atoms with van der Waals surface area (Å²) in [5.74, 6) is -0.179. The number of esters is 1. The van der Waals surface area contributed by atoms with Gasteiger partial charge in [-0.2, -0.15) is 0 Å². The third-order valence-corrected chi connectivity index (χ3v) is 2.74. The van der Waals surface area contributed by atoms with Crippen molar-refractivity contribution in [2.45, 2.75) is 18.1 Å². The zero-order valence-corrected chi connectivity index (χ0v) is 9.84. The van der Waals surface area contributed by atoms with E-state index in [0.29, 0.717) is 16.6 Å². The average molecular weight is 243 g/mol. The summed E-state index contributed by atoms with van der Waals surface area (Å²) >= 11 is 1.21. The van der Waals surface area contributed by atoms with Crippen LogP contribution in [0, 0.1) is 6.92 Å². The van der Waals surface area contributed by atoms with Crippen molar-refractivity contribution in [2.75, 3.05) is 12.9 Å². The zero-order valence-electron chi connectivity index (χ0n) is 9.02. The number of carbonyl (C=O) groups excluding carboxylic acids is 1. The van der Waals surface area contributed by atoms with Gasteiger partial charge in [-0.05, 0) is 6.92 Å². The van der Waals surface area contributed by atoms with E-state index in [1.807, 2.05) is 0 Å². The van der Waals surface area contributed by atoms with Gasteiger partial charge in [0.15, 0.2) is 5.16 Å². The van der Waals surface area contributed by atoms with Crippen molar-refractivity contribution in [2.24, 2.45) is 5.73 Å². The van der Waals surface area contributed by atoms with E-state index < -0.39 is 12.0 Å². The van der Waals surface area contributed by atoms with Gasteiger partial charge in [0.25, 0.3) is 5.56 Å². The quantitative estimate of drug-likeness (QED) is 0.427. The highest BCUT2D eigenvalue weighted by Gasteiger charge is 2.14. The molecule has 7 heteroatoms. The lowest BCUT2D eigenvalue weighted by Crippen LogP contribution is -2.34. The van der Waals surface area contributed by atoms with Crippen molar-refractivity contribution in [3.8, 4) is 0 Å². The van der Waals surface area contributed by atoms with Gasteiger partial charge in [0.05, 0.1) is 7.11 Å². The molecule has 1 unspecified atom stereocenters. The molecule has 1 aromatic heterocycles. The molecule has 1 rings (SSSR count). The third-order valence-electron chi connectivity index (χ3n) is 1.75. The number of aromatic amines is 1. The molecular weight excluding hydrogens is 230 g/mol. The topological polar surface area (TPSA) is 98.1 Å². The number of hydrogen-bond acceptors (Lipinski definition) is 6. The van der Waals surface area contributed by atoms with Crippen LogP contribution < -0.4 is 11.3 Å². The first-order valence-electron chi connectivity index (χ1n) is 4.57. The number of aromatic nitrogens is 2. The van der Waals surface area contributed by atoms with Gasteiger partial charge in [-0.3, -0.25) is 9.59 Å². The lowest BCUT2D eigenvalue weighted by Gasteiger charge is -2.07. The highest BCUT2D eigenvalue weighted by atomic mass is 32.2. The van der Waals surface area contributed by atoms with Crippen LogP contribution in [0.4, 0.5) is 0 Å². The number of aryl methyl sites for hydroxylation is 1. The fourth-order valence-electron chi connectivity index (χ4n) is 1.01. The van der Waals surface area contributed by atoms with Gasteiger partial charge in [-0.15, -0.1) is 0 Å². The van der Waals surface area contributed by atoms with E-state index in [2.05, 4.69) is 14.7 Å². The number of thioether (sulfide) groups is 1. The fraction of sp³-hybridized carbons (Fsp3) is 0.444. The Morgan fingerprint density at radius 3 is 3.00 bits per heavy atom. The first-order chi connectivity index (χ1) is 7.52. The van der Waals surface area contributed by atoms with Crippen LogP contribution in [0.5, 0.6) is 0 Å². The minimum absolute atomic E-state index is 0.221. The maximum absolute atomic E-state index is 11.1. The molecule has 1 heterocycles. The Bertz CT molecular complexity index is 432. The van der Waals surface area contributed by atoms with Crippen LogP contribution in [-0.2, 0) is 9.53 Å². The molecule has 0 bridgehead atoms. The Balaban J connectivity index is 2.61. The number of carbonyl (C=O) groups is 1. The molecular formula is C9H13N3O3S. The summed E-state index contributed by atoms with van der Waals surface area (Å²) in [4.78, 5) is 28.8. The van der Waals surface area contributed by atoms with Crippen LogP contribution in [0.1, 0.15) is 5.69 Å². The molecule has 0 saturated heterocycles. The minimum Gasteiger partial charge on any atom is -0.468 e. The maximum atomic E-state index is 11.1. The van der Waals surface area contributed by atoms with Crippen molar-refractivity contribution >= 4 is 17.7 Å². The van der Waals surface area contributed by atoms with Crippen molar-refractivity contribution in [1.29, 1.82) is 0 Å². The van der Waals surface area contributed by atoms with E-state index in [1.54, 1.807) is 6.92 Å². The Labute approximate surface area is 96.6 Å². The molecule has 0 spiro atoms. The van der Waals surface area contributed by atoms with Crippen LogP contribution in [0.25, 0.3) is 0 Å². The number of nitrogens with one attached hydrogen (secondary N) is 1. The molecule has 0 aromatic carbocycles. The molecule has 0 aliphatic heterocycles. The van der Waals surface area contributed by atoms with E-state index >= 15 is 0 Å². The van der Waals surface area contributed by atoms with Gasteiger partial charge in [0.1, 0.15) is 6.04 Å². The van der Waals surface area contributed by atoms with Crippen LogP contribution in [-0.4, -0.2) is 34.8 Å². The first-order valence-corrected chi connectivity index (χ1v) is 5.55. The predicted molar refractivity (Wildman–Crippen MR) is 60.3 cm³/mol. The van der Waals surface area contributed by atoms with E-state index in [9.17, 15) is 9.59 Å². The number of ether oxygens (including phenoxy) is 1. The highest BCUT2D eigenvalue weighted by molar-refractivity contribution is 7.99. The standard InChI is InChI=1S/C9H13N3O3S/c1-5-3-7(13)12-9(11-5)16-4-6(10)8(14)15-2/h3,6H,4,10H2,1-2H3,(H,11,12,13). The molecule has 1 atom stereocenters. The molecule has 3 N–H and O–H groups in total. The van der Waals surface area contributed by atoms with Gasteiger partial charge in [0, 0.05) is 17.5 Å². The fourth-order valence-corrected chi connectivity index (χ4v) is 1.86. The second-order valence-electron chi connectivity index (χ2n) is 3.13. The molecule has 0 radical (unpaired) electrons. The van der Waals surface area contributed by atoms with Crippen LogP contribution in [0.3, 0.4) is 0 Å². The average Bonchev–Trinajstić information content (AvgIpc) is 2.23. The number of nitrogens with two attached hydrogens (primary N) is 1. The summed E-state index contributed by atoms with van der Waals surface area (Å²) in [6.45, 7) is 1.72. The third kappa shape index (κ3) is 3.67. The zero-order chi connectivity index (χ0) is 12.1. The van der Waals surface area contributed by atoms with Gasteiger partial charge >= 0.3 is 5.97 Å². The SMILES string of the molecule is COC(=O)C(N)CSc1nc(C)cc(=O)[nH]1. The minimum atomic E-state index is -0.721. The summed E-state index contributed by atoms with van der Waals surface area (Å²) < 4.78 is 4.48. The van der Waals surface area contributed by atoms with Crippen molar-refractivity contribution < 1.29 is 9.53 Å². The van der Waals surface area contributed by atoms with Gasteiger partial charge < -0.3 is 15.5 Å². The largest absolute Gasteiger partial charge is 0.468 e. The Hall–Kier alpha value is -1.34. The molecule has 6 nitrogen and oxygen atoms in total. The number of rotatable bonds is 4.